The average Bonchev–Trinajstić information content (AvgIpc) is 2.15. The molecule has 0 fully saturated rings. The summed E-state index contributed by atoms with van der Waals surface area (Å²) in [5.74, 6) is -0.405. The molecule has 0 atom stereocenters. The van der Waals surface area contributed by atoms with Crippen molar-refractivity contribution < 1.29 is 9.18 Å². The van der Waals surface area contributed by atoms with Gasteiger partial charge in [0.25, 0.3) is 0 Å². The molecule has 1 nitrogen and oxygen atoms in total. The summed E-state index contributed by atoms with van der Waals surface area (Å²) in [7, 11) is -1.70. The van der Waals surface area contributed by atoms with E-state index in [9.17, 15) is 9.18 Å². The van der Waals surface area contributed by atoms with Gasteiger partial charge in [-0.1, -0.05) is 45.1 Å². The highest BCUT2D eigenvalue weighted by Crippen LogP contribution is 2.35. The van der Waals surface area contributed by atoms with Crippen molar-refractivity contribution in [1.29, 1.82) is 0 Å². The maximum atomic E-state index is 13.6. The molecule has 0 bridgehead atoms. The molecule has 0 N–H and O–H groups in total. The molecule has 0 aliphatic rings. The lowest BCUT2D eigenvalue weighted by Gasteiger charge is -2.37. The molecule has 16 heavy (non-hydrogen) atoms. The molecular weight excluding hydrogens is 219 g/mol. The molecule has 1 rings (SSSR count). The van der Waals surface area contributed by atoms with Crippen molar-refractivity contribution in [2.24, 2.45) is 0 Å². The van der Waals surface area contributed by atoms with E-state index in [0.29, 0.717) is 6.29 Å². The SMILES string of the molecule is CC(C)(C)[Si](C)(C)c1ccc(C=O)c(F)c1. The second kappa shape index (κ2) is 4.13. The van der Waals surface area contributed by atoms with Crippen LogP contribution in [0.2, 0.25) is 18.1 Å². The maximum Gasteiger partial charge on any atom is 0.152 e. The smallest absolute Gasteiger partial charge is 0.152 e. The van der Waals surface area contributed by atoms with E-state index in [2.05, 4.69) is 33.9 Å². The van der Waals surface area contributed by atoms with E-state index < -0.39 is 13.9 Å². The van der Waals surface area contributed by atoms with Gasteiger partial charge in [0, 0.05) is 0 Å². The number of aldehydes is 1. The third-order valence-electron chi connectivity index (χ3n) is 3.72. The molecule has 0 saturated carbocycles. The van der Waals surface area contributed by atoms with E-state index in [4.69, 9.17) is 0 Å². The third-order valence-corrected chi connectivity index (χ3v) is 9.23. The van der Waals surface area contributed by atoms with Crippen LogP contribution in [0.5, 0.6) is 0 Å². The predicted molar refractivity (Wildman–Crippen MR) is 68.6 cm³/mol. The highest BCUT2D eigenvalue weighted by molar-refractivity contribution is 6.92. The topological polar surface area (TPSA) is 17.1 Å². The van der Waals surface area contributed by atoms with Gasteiger partial charge < -0.3 is 0 Å². The first kappa shape index (κ1) is 13.1. The zero-order chi connectivity index (χ0) is 12.6. The summed E-state index contributed by atoms with van der Waals surface area (Å²) in [5, 5.41) is 1.23. The Bertz CT molecular complexity index is 405. The van der Waals surface area contributed by atoms with Crippen LogP contribution in [-0.2, 0) is 0 Å². The Balaban J connectivity index is 3.25. The lowest BCUT2D eigenvalue weighted by Crippen LogP contribution is -2.49. The molecule has 0 amide bonds. The van der Waals surface area contributed by atoms with E-state index >= 15 is 0 Å². The standard InChI is InChI=1S/C13H19FOSi/c1-13(2,3)16(4,5)11-7-6-10(9-15)12(14)8-11/h6-9H,1-5H3. The maximum absolute atomic E-state index is 13.6. The fourth-order valence-electron chi connectivity index (χ4n) is 1.44. The van der Waals surface area contributed by atoms with E-state index in [1.54, 1.807) is 6.07 Å². The molecule has 1 aromatic rings. The minimum atomic E-state index is -1.70. The van der Waals surface area contributed by atoms with Crippen LogP contribution in [0, 0.1) is 5.82 Å². The number of hydrogen-bond acceptors (Lipinski definition) is 1. The second-order valence-electron chi connectivity index (χ2n) is 5.73. The first-order chi connectivity index (χ1) is 7.20. The summed E-state index contributed by atoms with van der Waals surface area (Å²) < 4.78 is 13.6. The third kappa shape index (κ3) is 2.24. The van der Waals surface area contributed by atoms with Crippen LogP contribution in [0.25, 0.3) is 0 Å². The van der Waals surface area contributed by atoms with Crippen LogP contribution >= 0.6 is 0 Å². The van der Waals surface area contributed by atoms with Gasteiger partial charge in [-0.15, -0.1) is 0 Å². The Morgan fingerprint density at radius 1 is 1.25 bits per heavy atom. The molecule has 0 heterocycles. The Kier molecular flexibility index (Phi) is 3.38. The Labute approximate surface area is 97.7 Å². The van der Waals surface area contributed by atoms with Gasteiger partial charge in [-0.2, -0.15) is 0 Å². The Hall–Kier alpha value is -0.963. The van der Waals surface area contributed by atoms with Crippen molar-refractivity contribution in [3.8, 4) is 0 Å². The van der Waals surface area contributed by atoms with Crippen LogP contribution in [0.4, 0.5) is 4.39 Å². The number of rotatable bonds is 2. The largest absolute Gasteiger partial charge is 0.298 e. The minimum Gasteiger partial charge on any atom is -0.298 e. The molecule has 0 aliphatic heterocycles. The minimum absolute atomic E-state index is 0.141. The van der Waals surface area contributed by atoms with Crippen LogP contribution in [0.15, 0.2) is 18.2 Å². The van der Waals surface area contributed by atoms with Gasteiger partial charge in [-0.3, -0.25) is 4.79 Å². The van der Waals surface area contributed by atoms with Crippen molar-refractivity contribution >= 4 is 19.5 Å². The predicted octanol–water partition coefficient (Wildman–Crippen LogP) is 3.35. The number of carbonyl (C=O) groups is 1. The van der Waals surface area contributed by atoms with Gasteiger partial charge in [0.05, 0.1) is 13.6 Å². The van der Waals surface area contributed by atoms with Gasteiger partial charge in [0.1, 0.15) is 5.82 Å². The van der Waals surface area contributed by atoms with Crippen LogP contribution in [-0.4, -0.2) is 14.4 Å². The molecule has 0 saturated heterocycles. The first-order valence-corrected chi connectivity index (χ1v) is 8.45. The number of hydrogen-bond donors (Lipinski definition) is 0. The van der Waals surface area contributed by atoms with Crippen molar-refractivity contribution in [3.05, 3.63) is 29.6 Å². The van der Waals surface area contributed by atoms with Crippen molar-refractivity contribution in [2.75, 3.05) is 0 Å². The zero-order valence-corrected chi connectivity index (χ0v) is 11.6. The summed E-state index contributed by atoms with van der Waals surface area (Å²) in [6.45, 7) is 11.0. The summed E-state index contributed by atoms with van der Waals surface area (Å²) in [6.07, 6.45) is 0.560. The molecule has 0 spiro atoms. The van der Waals surface area contributed by atoms with Gasteiger partial charge in [0.15, 0.2) is 6.29 Å². The number of carbonyl (C=O) groups excluding carboxylic acids is 1. The first-order valence-electron chi connectivity index (χ1n) is 5.45. The molecule has 0 radical (unpaired) electrons. The quantitative estimate of drug-likeness (QED) is 0.570. The normalized spacial score (nSPS) is 12.6. The number of benzene rings is 1. The highest BCUT2D eigenvalue weighted by atomic mass is 28.3. The zero-order valence-electron chi connectivity index (χ0n) is 10.6. The Morgan fingerprint density at radius 3 is 2.19 bits per heavy atom. The Morgan fingerprint density at radius 2 is 1.81 bits per heavy atom. The summed E-state index contributed by atoms with van der Waals surface area (Å²) in [6, 6.07) is 5.00. The monoisotopic (exact) mass is 238 g/mol. The van der Waals surface area contributed by atoms with Gasteiger partial charge in [-0.05, 0) is 17.2 Å². The molecule has 88 valence electrons. The van der Waals surface area contributed by atoms with Gasteiger partial charge in [-0.25, -0.2) is 4.39 Å². The van der Waals surface area contributed by atoms with E-state index in [1.807, 2.05) is 6.07 Å². The van der Waals surface area contributed by atoms with Gasteiger partial charge >= 0.3 is 0 Å². The van der Waals surface area contributed by atoms with Crippen LogP contribution in [0.3, 0.4) is 0 Å². The van der Waals surface area contributed by atoms with Crippen LogP contribution < -0.4 is 5.19 Å². The summed E-state index contributed by atoms with van der Waals surface area (Å²) in [5.41, 5.74) is 0.141. The average molecular weight is 238 g/mol. The summed E-state index contributed by atoms with van der Waals surface area (Å²) in [4.78, 5) is 10.6. The fourth-order valence-corrected chi connectivity index (χ4v) is 3.30. The van der Waals surface area contributed by atoms with Crippen molar-refractivity contribution in [1.82, 2.24) is 0 Å². The fraction of sp³-hybridized carbons (Fsp3) is 0.462. The lowest BCUT2D eigenvalue weighted by molar-refractivity contribution is 0.112. The molecule has 3 heteroatoms. The van der Waals surface area contributed by atoms with E-state index in [-0.39, 0.29) is 10.6 Å². The van der Waals surface area contributed by atoms with Crippen molar-refractivity contribution in [2.45, 2.75) is 38.9 Å². The van der Waals surface area contributed by atoms with Gasteiger partial charge in [0.2, 0.25) is 0 Å². The number of halogens is 1. The summed E-state index contributed by atoms with van der Waals surface area (Å²) >= 11 is 0. The van der Waals surface area contributed by atoms with E-state index in [0.717, 1.165) is 5.19 Å². The van der Waals surface area contributed by atoms with Crippen molar-refractivity contribution in [3.63, 3.8) is 0 Å². The molecule has 1 aromatic carbocycles. The molecule has 0 aliphatic carbocycles. The second-order valence-corrected chi connectivity index (χ2v) is 11.1. The lowest BCUT2D eigenvalue weighted by atomic mass is 10.2. The molecular formula is C13H19FOSi. The van der Waals surface area contributed by atoms with E-state index in [1.165, 1.54) is 6.07 Å². The highest BCUT2D eigenvalue weighted by Gasteiger charge is 2.36. The van der Waals surface area contributed by atoms with Crippen LogP contribution in [0.1, 0.15) is 31.1 Å². The molecule has 0 aromatic heterocycles. The molecule has 0 unspecified atom stereocenters.